The van der Waals surface area contributed by atoms with Crippen LogP contribution in [-0.4, -0.2) is 42.8 Å². The Morgan fingerprint density at radius 1 is 0.727 bits per heavy atom. The average Bonchev–Trinajstić information content (AvgIpc) is 2.50. The number of phenols is 1. The summed E-state index contributed by atoms with van der Waals surface area (Å²) in [5.74, 6) is 0.459. The standard InChI is InChI=1S/C20H34O.Ca.2H/c1-2-3-4-5-6-7-8-9-10-11-12-13-16-19-17-14-15-18-20(19)21;;;/h14-15,17-18,21H,2-13,16H2,1H3;;;/q;+2;2*-1. The molecule has 0 amide bonds. The maximum Gasteiger partial charge on any atom is 2.00 e. The van der Waals surface area contributed by atoms with Crippen LogP contribution in [0.15, 0.2) is 24.3 Å². The molecule has 2 heteroatoms. The van der Waals surface area contributed by atoms with Gasteiger partial charge in [0.1, 0.15) is 5.75 Å². The Balaban J connectivity index is -0.00000147. The van der Waals surface area contributed by atoms with Crippen LogP contribution in [0.5, 0.6) is 5.75 Å². The number of unbranched alkanes of at least 4 members (excludes halogenated alkanes) is 11. The summed E-state index contributed by atoms with van der Waals surface area (Å²) >= 11 is 0. The summed E-state index contributed by atoms with van der Waals surface area (Å²) in [6.07, 6.45) is 17.6. The van der Waals surface area contributed by atoms with Gasteiger partial charge in [0, 0.05) is 0 Å². The van der Waals surface area contributed by atoms with Crippen LogP contribution in [0.2, 0.25) is 0 Å². The smallest absolute Gasteiger partial charge is 1.00 e. The van der Waals surface area contributed by atoms with Gasteiger partial charge in [0.05, 0.1) is 0 Å². The van der Waals surface area contributed by atoms with Crippen LogP contribution in [0.3, 0.4) is 0 Å². The number of aromatic hydroxyl groups is 1. The van der Waals surface area contributed by atoms with E-state index in [2.05, 4.69) is 6.92 Å². The molecular weight excluding hydrogens is 296 g/mol. The van der Waals surface area contributed by atoms with E-state index in [1.807, 2.05) is 18.2 Å². The Morgan fingerprint density at radius 2 is 1.18 bits per heavy atom. The summed E-state index contributed by atoms with van der Waals surface area (Å²) in [5.41, 5.74) is 1.10. The van der Waals surface area contributed by atoms with Gasteiger partial charge >= 0.3 is 37.7 Å². The SMILES string of the molecule is CCCCCCCCCCCCCCc1ccccc1O.[Ca+2].[H-].[H-]. The van der Waals surface area contributed by atoms with E-state index in [9.17, 15) is 5.11 Å². The summed E-state index contributed by atoms with van der Waals surface area (Å²) < 4.78 is 0. The molecule has 1 aromatic carbocycles. The fourth-order valence-electron chi connectivity index (χ4n) is 2.88. The molecule has 0 aliphatic rings. The van der Waals surface area contributed by atoms with Gasteiger partial charge in [-0.25, -0.2) is 0 Å². The van der Waals surface area contributed by atoms with Gasteiger partial charge in [-0.15, -0.1) is 0 Å². The molecule has 124 valence electrons. The molecule has 0 aliphatic carbocycles. The van der Waals surface area contributed by atoms with E-state index in [-0.39, 0.29) is 40.6 Å². The summed E-state index contributed by atoms with van der Waals surface area (Å²) in [6, 6.07) is 7.72. The molecule has 1 rings (SSSR count). The van der Waals surface area contributed by atoms with Gasteiger partial charge in [-0.3, -0.25) is 0 Å². The van der Waals surface area contributed by atoms with Crippen LogP contribution in [0.25, 0.3) is 0 Å². The first kappa shape index (κ1) is 22.3. The Kier molecular flexibility index (Phi) is 16.4. The molecular formula is C20H36CaO. The molecule has 0 radical (unpaired) electrons. The number of rotatable bonds is 13. The molecule has 0 unspecified atom stereocenters. The van der Waals surface area contributed by atoms with Crippen LogP contribution >= 0.6 is 0 Å². The van der Waals surface area contributed by atoms with E-state index in [1.54, 1.807) is 6.07 Å². The minimum atomic E-state index is 0. The predicted molar refractivity (Wildman–Crippen MR) is 101 cm³/mol. The molecule has 0 fully saturated rings. The molecule has 0 atom stereocenters. The zero-order valence-corrected chi connectivity index (χ0v) is 16.9. The second kappa shape index (κ2) is 16.1. The van der Waals surface area contributed by atoms with Gasteiger partial charge in [-0.1, -0.05) is 95.8 Å². The maximum atomic E-state index is 9.69. The van der Waals surface area contributed by atoms with Crippen LogP contribution in [0.1, 0.15) is 92.4 Å². The molecule has 0 aromatic heterocycles. The zero-order valence-electron chi connectivity index (χ0n) is 16.7. The van der Waals surface area contributed by atoms with Crippen molar-refractivity contribution in [1.82, 2.24) is 0 Å². The molecule has 1 nitrogen and oxygen atoms in total. The largest absolute Gasteiger partial charge is 2.00 e. The molecule has 0 aliphatic heterocycles. The van der Waals surface area contributed by atoms with Crippen molar-refractivity contribution >= 4 is 37.7 Å². The van der Waals surface area contributed by atoms with Crippen LogP contribution < -0.4 is 0 Å². The number of hydrogen-bond donors (Lipinski definition) is 1. The Hall–Kier alpha value is 0.280. The number of para-hydroxylation sites is 1. The molecule has 1 N–H and O–H groups in total. The van der Waals surface area contributed by atoms with E-state index < -0.39 is 0 Å². The Bertz CT molecular complexity index is 361. The average molecular weight is 333 g/mol. The third-order valence-corrected chi connectivity index (χ3v) is 4.29. The van der Waals surface area contributed by atoms with Crippen molar-refractivity contribution in [3.05, 3.63) is 29.8 Å². The second-order valence-electron chi connectivity index (χ2n) is 6.27. The van der Waals surface area contributed by atoms with Crippen molar-refractivity contribution in [1.29, 1.82) is 0 Å². The molecule has 0 bridgehead atoms. The monoisotopic (exact) mass is 332 g/mol. The van der Waals surface area contributed by atoms with Crippen LogP contribution in [0, 0.1) is 0 Å². The molecule has 0 saturated heterocycles. The maximum absolute atomic E-state index is 9.69. The van der Waals surface area contributed by atoms with Crippen molar-refractivity contribution in [2.24, 2.45) is 0 Å². The molecule has 22 heavy (non-hydrogen) atoms. The summed E-state index contributed by atoms with van der Waals surface area (Å²) in [4.78, 5) is 0. The van der Waals surface area contributed by atoms with Crippen molar-refractivity contribution in [3.63, 3.8) is 0 Å². The predicted octanol–water partition coefficient (Wildman–Crippen LogP) is 6.48. The van der Waals surface area contributed by atoms with Crippen molar-refractivity contribution in [3.8, 4) is 5.75 Å². The van der Waals surface area contributed by atoms with E-state index in [4.69, 9.17) is 0 Å². The van der Waals surface area contributed by atoms with Gasteiger partial charge in [-0.2, -0.15) is 0 Å². The third kappa shape index (κ3) is 11.8. The van der Waals surface area contributed by atoms with Gasteiger partial charge in [0.2, 0.25) is 0 Å². The minimum absolute atomic E-state index is 0. The van der Waals surface area contributed by atoms with E-state index in [1.165, 1.54) is 77.0 Å². The molecule has 0 heterocycles. The number of aryl methyl sites for hydroxylation is 1. The fraction of sp³-hybridized carbons (Fsp3) is 0.700. The van der Waals surface area contributed by atoms with Crippen molar-refractivity contribution in [2.75, 3.05) is 0 Å². The van der Waals surface area contributed by atoms with Gasteiger partial charge in [-0.05, 0) is 24.5 Å². The third-order valence-electron chi connectivity index (χ3n) is 4.29. The molecule has 1 aromatic rings. The van der Waals surface area contributed by atoms with E-state index >= 15 is 0 Å². The normalized spacial score (nSPS) is 10.4. The molecule has 0 saturated carbocycles. The topological polar surface area (TPSA) is 20.2 Å². The number of phenolic OH excluding ortho intramolecular Hbond substituents is 1. The first-order chi connectivity index (χ1) is 10.3. The fourth-order valence-corrected chi connectivity index (χ4v) is 2.88. The Morgan fingerprint density at radius 3 is 1.68 bits per heavy atom. The second-order valence-corrected chi connectivity index (χ2v) is 6.27. The van der Waals surface area contributed by atoms with Crippen molar-refractivity contribution in [2.45, 2.75) is 90.4 Å². The first-order valence-corrected chi connectivity index (χ1v) is 9.11. The molecule has 0 spiro atoms. The summed E-state index contributed by atoms with van der Waals surface area (Å²) in [7, 11) is 0. The minimum Gasteiger partial charge on any atom is -1.00 e. The number of benzene rings is 1. The van der Waals surface area contributed by atoms with Crippen LogP contribution in [-0.2, 0) is 6.42 Å². The van der Waals surface area contributed by atoms with E-state index in [0.717, 1.165) is 12.0 Å². The zero-order chi connectivity index (χ0) is 15.2. The summed E-state index contributed by atoms with van der Waals surface area (Å²) in [6.45, 7) is 2.28. The van der Waals surface area contributed by atoms with Gasteiger partial charge < -0.3 is 7.96 Å². The summed E-state index contributed by atoms with van der Waals surface area (Å²) in [5, 5.41) is 9.69. The quantitative estimate of drug-likeness (QED) is 0.324. The van der Waals surface area contributed by atoms with Crippen LogP contribution in [0.4, 0.5) is 0 Å². The van der Waals surface area contributed by atoms with E-state index in [0.29, 0.717) is 5.75 Å². The first-order valence-electron chi connectivity index (χ1n) is 9.11. The van der Waals surface area contributed by atoms with Crippen molar-refractivity contribution < 1.29 is 7.96 Å². The van der Waals surface area contributed by atoms with Gasteiger partial charge in [0.15, 0.2) is 0 Å². The van der Waals surface area contributed by atoms with Gasteiger partial charge in [0.25, 0.3) is 0 Å². The number of hydrogen-bond acceptors (Lipinski definition) is 1. The Labute approximate surface area is 170 Å².